The number of benzene rings is 2. The van der Waals surface area contributed by atoms with Gasteiger partial charge in [-0.15, -0.1) is 0 Å². The minimum atomic E-state index is -0.999. The Hall–Kier alpha value is -2.92. The summed E-state index contributed by atoms with van der Waals surface area (Å²) in [6.07, 6.45) is 0. The predicted molar refractivity (Wildman–Crippen MR) is 90.2 cm³/mol. The predicted octanol–water partition coefficient (Wildman–Crippen LogP) is 3.60. The average molecular weight is 322 g/mol. The van der Waals surface area contributed by atoms with Crippen LogP contribution in [0.3, 0.4) is 0 Å². The van der Waals surface area contributed by atoms with Gasteiger partial charge in [0.05, 0.1) is 24.6 Å². The number of aromatic nitrogens is 2. The molecule has 0 aliphatic heterocycles. The van der Waals surface area contributed by atoms with Crippen LogP contribution in [-0.4, -0.2) is 20.9 Å². The van der Waals surface area contributed by atoms with Gasteiger partial charge in [-0.25, -0.2) is 9.48 Å². The van der Waals surface area contributed by atoms with Crippen molar-refractivity contribution in [3.8, 4) is 5.69 Å². The lowest BCUT2D eigenvalue weighted by Crippen LogP contribution is -2.08. The van der Waals surface area contributed by atoms with Gasteiger partial charge in [-0.1, -0.05) is 42.5 Å². The van der Waals surface area contributed by atoms with E-state index in [0.717, 1.165) is 11.1 Å². The number of carboxylic acids is 1. The fraction of sp³-hybridized carbons (Fsp3) is 0.158. The molecule has 2 aromatic carbocycles. The highest BCUT2D eigenvalue weighted by atomic mass is 16.5. The molecule has 1 aromatic heterocycles. The van der Waals surface area contributed by atoms with Crippen molar-refractivity contribution >= 4 is 5.97 Å². The largest absolute Gasteiger partial charge is 0.477 e. The fourth-order valence-corrected chi connectivity index (χ4v) is 2.49. The summed E-state index contributed by atoms with van der Waals surface area (Å²) in [6.45, 7) is 2.76. The third-order valence-corrected chi connectivity index (χ3v) is 3.59. The van der Waals surface area contributed by atoms with Crippen LogP contribution in [0.5, 0.6) is 0 Å². The van der Waals surface area contributed by atoms with Gasteiger partial charge in [-0.2, -0.15) is 5.10 Å². The Kier molecular flexibility index (Phi) is 4.72. The Morgan fingerprint density at radius 1 is 1.04 bits per heavy atom. The first-order chi connectivity index (χ1) is 11.6. The highest BCUT2D eigenvalue weighted by Crippen LogP contribution is 2.15. The molecule has 0 fully saturated rings. The molecule has 0 bridgehead atoms. The summed E-state index contributed by atoms with van der Waals surface area (Å²) in [7, 11) is 0. The standard InChI is InChI=1S/C19H18N2O3/c1-14-10-18(19(22)23)21(20-14)17-9-5-8-16(11-17)13-24-12-15-6-3-2-4-7-15/h2-11H,12-13H2,1H3,(H,22,23). The summed E-state index contributed by atoms with van der Waals surface area (Å²) < 4.78 is 7.18. The Morgan fingerprint density at radius 2 is 1.75 bits per heavy atom. The maximum atomic E-state index is 11.3. The van der Waals surface area contributed by atoms with E-state index >= 15 is 0 Å². The van der Waals surface area contributed by atoms with Gasteiger partial charge in [0.15, 0.2) is 5.69 Å². The number of aromatic carboxylic acids is 1. The SMILES string of the molecule is Cc1cc(C(=O)O)n(-c2cccc(COCc3ccccc3)c2)n1. The lowest BCUT2D eigenvalue weighted by molar-refractivity contribution is 0.0687. The molecule has 0 saturated carbocycles. The van der Waals surface area contributed by atoms with Crippen LogP contribution in [0.2, 0.25) is 0 Å². The zero-order chi connectivity index (χ0) is 16.9. The number of carbonyl (C=O) groups is 1. The summed E-state index contributed by atoms with van der Waals surface area (Å²) >= 11 is 0. The maximum absolute atomic E-state index is 11.3. The molecule has 0 radical (unpaired) electrons. The fourth-order valence-electron chi connectivity index (χ4n) is 2.49. The van der Waals surface area contributed by atoms with E-state index in [9.17, 15) is 9.90 Å². The molecule has 5 nitrogen and oxygen atoms in total. The van der Waals surface area contributed by atoms with Crippen molar-refractivity contribution in [2.75, 3.05) is 0 Å². The van der Waals surface area contributed by atoms with E-state index in [1.54, 1.807) is 13.0 Å². The highest BCUT2D eigenvalue weighted by Gasteiger charge is 2.14. The molecule has 0 atom stereocenters. The van der Waals surface area contributed by atoms with Crippen LogP contribution in [-0.2, 0) is 18.0 Å². The monoisotopic (exact) mass is 322 g/mol. The number of nitrogens with zero attached hydrogens (tertiary/aromatic N) is 2. The first-order valence-corrected chi connectivity index (χ1v) is 7.64. The second-order valence-corrected chi connectivity index (χ2v) is 5.54. The van der Waals surface area contributed by atoms with Gasteiger partial charge in [0, 0.05) is 0 Å². The summed E-state index contributed by atoms with van der Waals surface area (Å²) in [5.74, 6) is -0.999. The van der Waals surface area contributed by atoms with Gasteiger partial charge in [0.1, 0.15) is 0 Å². The molecule has 24 heavy (non-hydrogen) atoms. The van der Waals surface area contributed by atoms with Crippen molar-refractivity contribution in [3.63, 3.8) is 0 Å². The highest BCUT2D eigenvalue weighted by molar-refractivity contribution is 5.86. The summed E-state index contributed by atoms with van der Waals surface area (Å²) in [5, 5.41) is 13.6. The number of aryl methyl sites for hydroxylation is 1. The molecule has 5 heteroatoms. The first kappa shape index (κ1) is 16.0. The molecule has 0 saturated heterocycles. The van der Waals surface area contributed by atoms with Gasteiger partial charge in [-0.05, 0) is 36.2 Å². The molecule has 3 aromatic rings. The van der Waals surface area contributed by atoms with Crippen LogP contribution in [0.15, 0.2) is 60.7 Å². The zero-order valence-corrected chi connectivity index (χ0v) is 13.3. The topological polar surface area (TPSA) is 64.3 Å². The molecule has 0 amide bonds. The Bertz CT molecular complexity index is 841. The number of hydrogen-bond acceptors (Lipinski definition) is 3. The number of ether oxygens (including phenoxy) is 1. The Morgan fingerprint density at radius 3 is 2.50 bits per heavy atom. The minimum Gasteiger partial charge on any atom is -0.477 e. The van der Waals surface area contributed by atoms with E-state index in [4.69, 9.17) is 4.74 Å². The van der Waals surface area contributed by atoms with Crippen LogP contribution < -0.4 is 0 Å². The molecule has 0 aliphatic rings. The molecule has 0 aliphatic carbocycles. The molecule has 3 rings (SSSR count). The zero-order valence-electron chi connectivity index (χ0n) is 13.3. The van der Waals surface area contributed by atoms with Crippen LogP contribution in [0, 0.1) is 6.92 Å². The van der Waals surface area contributed by atoms with Crippen LogP contribution in [0.4, 0.5) is 0 Å². The Balaban J connectivity index is 1.74. The average Bonchev–Trinajstić information content (AvgIpc) is 2.98. The van der Waals surface area contributed by atoms with Crippen molar-refractivity contribution in [1.82, 2.24) is 9.78 Å². The molecule has 122 valence electrons. The third-order valence-electron chi connectivity index (χ3n) is 3.59. The van der Waals surface area contributed by atoms with Gasteiger partial charge >= 0.3 is 5.97 Å². The van der Waals surface area contributed by atoms with Crippen molar-refractivity contribution in [2.45, 2.75) is 20.1 Å². The van der Waals surface area contributed by atoms with Crippen LogP contribution in [0.25, 0.3) is 5.69 Å². The summed E-state index contributed by atoms with van der Waals surface area (Å²) in [5.41, 5.74) is 3.60. The second kappa shape index (κ2) is 7.10. The van der Waals surface area contributed by atoms with E-state index in [0.29, 0.717) is 24.6 Å². The lowest BCUT2D eigenvalue weighted by Gasteiger charge is -2.08. The number of carboxylic acid groups (broad SMARTS) is 1. The second-order valence-electron chi connectivity index (χ2n) is 5.54. The normalized spacial score (nSPS) is 10.7. The van der Waals surface area contributed by atoms with Gasteiger partial charge < -0.3 is 9.84 Å². The van der Waals surface area contributed by atoms with Crippen molar-refractivity contribution in [3.05, 3.63) is 83.2 Å². The van der Waals surface area contributed by atoms with E-state index in [-0.39, 0.29) is 5.69 Å². The lowest BCUT2D eigenvalue weighted by atomic mass is 10.2. The third kappa shape index (κ3) is 3.70. The number of hydrogen-bond donors (Lipinski definition) is 1. The summed E-state index contributed by atoms with van der Waals surface area (Å²) in [6, 6.07) is 19.1. The quantitative estimate of drug-likeness (QED) is 0.753. The van der Waals surface area contributed by atoms with Crippen molar-refractivity contribution in [1.29, 1.82) is 0 Å². The van der Waals surface area contributed by atoms with E-state index in [2.05, 4.69) is 5.10 Å². The van der Waals surface area contributed by atoms with E-state index in [1.807, 2.05) is 54.6 Å². The number of rotatable bonds is 6. The van der Waals surface area contributed by atoms with Gasteiger partial charge in [0.2, 0.25) is 0 Å². The molecule has 0 spiro atoms. The maximum Gasteiger partial charge on any atom is 0.354 e. The van der Waals surface area contributed by atoms with E-state index in [1.165, 1.54) is 4.68 Å². The molecule has 1 N–H and O–H groups in total. The minimum absolute atomic E-state index is 0.148. The Labute approximate surface area is 140 Å². The van der Waals surface area contributed by atoms with Gasteiger partial charge in [-0.3, -0.25) is 0 Å². The molecular weight excluding hydrogens is 304 g/mol. The smallest absolute Gasteiger partial charge is 0.354 e. The van der Waals surface area contributed by atoms with Crippen molar-refractivity contribution in [2.24, 2.45) is 0 Å². The summed E-state index contributed by atoms with van der Waals surface area (Å²) in [4.78, 5) is 11.3. The van der Waals surface area contributed by atoms with E-state index < -0.39 is 5.97 Å². The van der Waals surface area contributed by atoms with Gasteiger partial charge in [0.25, 0.3) is 0 Å². The first-order valence-electron chi connectivity index (χ1n) is 7.64. The molecular formula is C19H18N2O3. The van der Waals surface area contributed by atoms with Crippen LogP contribution >= 0.6 is 0 Å². The van der Waals surface area contributed by atoms with Crippen molar-refractivity contribution < 1.29 is 14.6 Å². The van der Waals surface area contributed by atoms with Crippen LogP contribution in [0.1, 0.15) is 27.3 Å². The molecule has 0 unspecified atom stereocenters. The molecule has 1 heterocycles.